The Hall–Kier alpha value is -2.89. The van der Waals surface area contributed by atoms with Crippen LogP contribution in [0.3, 0.4) is 0 Å². The van der Waals surface area contributed by atoms with Crippen LogP contribution in [0.15, 0.2) is 49.2 Å². The second-order valence-corrected chi connectivity index (χ2v) is 6.95. The van der Waals surface area contributed by atoms with Crippen molar-refractivity contribution in [3.63, 3.8) is 0 Å². The van der Waals surface area contributed by atoms with E-state index < -0.39 is 0 Å². The van der Waals surface area contributed by atoms with Gasteiger partial charge in [-0.2, -0.15) is 5.10 Å². The van der Waals surface area contributed by atoms with E-state index in [2.05, 4.69) is 33.7 Å². The number of benzene rings is 1. The minimum atomic E-state index is 0.0608. The summed E-state index contributed by atoms with van der Waals surface area (Å²) in [5, 5.41) is 4.45. The summed E-state index contributed by atoms with van der Waals surface area (Å²) in [7, 11) is 0. The number of likely N-dealkylation sites (tertiary alicyclic amines) is 1. The molecule has 0 N–H and O–H groups in total. The first-order valence-corrected chi connectivity index (χ1v) is 9.02. The van der Waals surface area contributed by atoms with Crippen LogP contribution in [-0.2, 0) is 0 Å². The first-order valence-electron chi connectivity index (χ1n) is 9.02. The number of nitrogens with zero attached hydrogens (tertiary/aromatic N) is 5. The number of hydrogen-bond donors (Lipinski definition) is 0. The molecule has 1 aromatic carbocycles. The highest BCUT2D eigenvalue weighted by molar-refractivity contribution is 5.95. The van der Waals surface area contributed by atoms with E-state index in [0.29, 0.717) is 18.2 Å². The molecule has 0 spiro atoms. The van der Waals surface area contributed by atoms with Gasteiger partial charge in [0.15, 0.2) is 0 Å². The Labute approximate surface area is 153 Å². The number of amides is 1. The predicted octanol–water partition coefficient (Wildman–Crippen LogP) is 3.16. The Kier molecular flexibility index (Phi) is 4.32. The Morgan fingerprint density at radius 3 is 2.73 bits per heavy atom. The summed E-state index contributed by atoms with van der Waals surface area (Å²) in [6.07, 6.45) is 9.36. The van der Waals surface area contributed by atoms with Gasteiger partial charge in [-0.05, 0) is 38.8 Å². The van der Waals surface area contributed by atoms with E-state index in [4.69, 9.17) is 0 Å². The lowest BCUT2D eigenvalue weighted by Gasteiger charge is -2.33. The van der Waals surface area contributed by atoms with Crippen LogP contribution in [0.4, 0.5) is 0 Å². The topological polar surface area (TPSA) is 56.0 Å². The molecule has 134 valence electrons. The lowest BCUT2D eigenvalue weighted by atomic mass is 10.0. The highest BCUT2D eigenvalue weighted by Gasteiger charge is 2.27. The number of rotatable bonds is 3. The molecule has 1 saturated heterocycles. The van der Waals surface area contributed by atoms with Crippen LogP contribution in [0.2, 0.25) is 0 Å². The Morgan fingerprint density at radius 1 is 1.19 bits per heavy atom. The summed E-state index contributed by atoms with van der Waals surface area (Å²) < 4.78 is 3.94. The molecule has 1 fully saturated rings. The molecule has 1 aliphatic rings. The van der Waals surface area contributed by atoms with E-state index in [-0.39, 0.29) is 5.91 Å². The zero-order chi connectivity index (χ0) is 18.1. The summed E-state index contributed by atoms with van der Waals surface area (Å²) in [5.41, 5.74) is 3.73. The maximum Gasteiger partial charge on any atom is 0.257 e. The molecule has 4 rings (SSSR count). The minimum absolute atomic E-state index is 0.0608. The number of aromatic nitrogens is 4. The Balaban J connectivity index is 1.56. The predicted molar refractivity (Wildman–Crippen MR) is 99.4 cm³/mol. The smallest absolute Gasteiger partial charge is 0.257 e. The molecule has 0 bridgehead atoms. The van der Waals surface area contributed by atoms with Crippen molar-refractivity contribution in [3.05, 3.63) is 66.0 Å². The van der Waals surface area contributed by atoms with E-state index in [0.717, 1.165) is 30.8 Å². The molecule has 0 aliphatic carbocycles. The van der Waals surface area contributed by atoms with Gasteiger partial charge in [-0.15, -0.1) is 0 Å². The Morgan fingerprint density at radius 2 is 2.00 bits per heavy atom. The van der Waals surface area contributed by atoms with E-state index in [9.17, 15) is 4.79 Å². The molecule has 0 saturated carbocycles. The molecule has 26 heavy (non-hydrogen) atoms. The van der Waals surface area contributed by atoms with Crippen molar-refractivity contribution >= 4 is 5.91 Å². The normalized spacial score (nSPS) is 17.5. The molecule has 3 heterocycles. The van der Waals surface area contributed by atoms with E-state index in [1.165, 1.54) is 5.56 Å². The van der Waals surface area contributed by atoms with Crippen LogP contribution in [0, 0.1) is 13.8 Å². The van der Waals surface area contributed by atoms with Crippen molar-refractivity contribution in [3.8, 4) is 5.69 Å². The molecule has 1 amide bonds. The molecule has 6 heteroatoms. The molecular weight excluding hydrogens is 326 g/mol. The van der Waals surface area contributed by atoms with Gasteiger partial charge in [0.2, 0.25) is 0 Å². The molecule has 0 radical (unpaired) electrons. The van der Waals surface area contributed by atoms with Gasteiger partial charge in [0.05, 0.1) is 35.5 Å². The largest absolute Gasteiger partial charge is 0.336 e. The second kappa shape index (κ2) is 6.78. The van der Waals surface area contributed by atoms with Crippen LogP contribution in [0.5, 0.6) is 0 Å². The summed E-state index contributed by atoms with van der Waals surface area (Å²) in [6.45, 7) is 5.52. The van der Waals surface area contributed by atoms with E-state index in [1.807, 2.05) is 41.2 Å². The number of carbonyl (C=O) groups is 1. The molecular formula is C20H23N5O. The van der Waals surface area contributed by atoms with Gasteiger partial charge in [-0.25, -0.2) is 9.67 Å². The third-order valence-corrected chi connectivity index (χ3v) is 5.15. The number of aryl methyl sites for hydroxylation is 1. The fraction of sp³-hybridized carbons (Fsp3) is 0.350. The van der Waals surface area contributed by atoms with E-state index in [1.54, 1.807) is 12.4 Å². The van der Waals surface area contributed by atoms with Crippen molar-refractivity contribution in [2.24, 2.45) is 0 Å². The molecule has 1 atom stereocenters. The van der Waals surface area contributed by atoms with Crippen molar-refractivity contribution in [1.82, 2.24) is 24.2 Å². The van der Waals surface area contributed by atoms with Crippen molar-refractivity contribution < 1.29 is 4.79 Å². The fourth-order valence-corrected chi connectivity index (χ4v) is 3.60. The summed E-state index contributed by atoms with van der Waals surface area (Å²) in [4.78, 5) is 19.2. The third kappa shape index (κ3) is 3.03. The van der Waals surface area contributed by atoms with Crippen molar-refractivity contribution in [2.75, 3.05) is 13.1 Å². The molecule has 1 unspecified atom stereocenters. The monoisotopic (exact) mass is 349 g/mol. The summed E-state index contributed by atoms with van der Waals surface area (Å²) in [6, 6.07) is 8.46. The van der Waals surface area contributed by atoms with Gasteiger partial charge in [0.1, 0.15) is 0 Å². The van der Waals surface area contributed by atoms with Crippen LogP contribution >= 0.6 is 0 Å². The first-order chi connectivity index (χ1) is 12.6. The highest BCUT2D eigenvalue weighted by Crippen LogP contribution is 2.24. The van der Waals surface area contributed by atoms with Gasteiger partial charge in [0, 0.05) is 25.5 Å². The van der Waals surface area contributed by atoms with Crippen LogP contribution in [0.1, 0.15) is 40.5 Å². The summed E-state index contributed by atoms with van der Waals surface area (Å²) >= 11 is 0. The van der Waals surface area contributed by atoms with Gasteiger partial charge in [-0.1, -0.05) is 17.7 Å². The van der Waals surface area contributed by atoms with Crippen molar-refractivity contribution in [1.29, 1.82) is 0 Å². The SMILES string of the molecule is Cc1ccc(-n2ncc(C(=O)N3CCCC(n4ccnc4)C3)c2C)cc1. The van der Waals surface area contributed by atoms with Crippen LogP contribution in [0.25, 0.3) is 5.69 Å². The molecule has 3 aromatic rings. The number of carbonyl (C=O) groups excluding carboxylic acids is 1. The Bertz CT molecular complexity index is 895. The third-order valence-electron chi connectivity index (χ3n) is 5.15. The quantitative estimate of drug-likeness (QED) is 0.730. The van der Waals surface area contributed by atoms with Crippen LogP contribution < -0.4 is 0 Å². The minimum Gasteiger partial charge on any atom is -0.336 e. The lowest BCUT2D eigenvalue weighted by molar-refractivity contribution is 0.0678. The van der Waals surface area contributed by atoms with Crippen LogP contribution in [-0.4, -0.2) is 43.2 Å². The lowest BCUT2D eigenvalue weighted by Crippen LogP contribution is -2.40. The van der Waals surface area contributed by atoms with Crippen molar-refractivity contribution in [2.45, 2.75) is 32.7 Å². The van der Waals surface area contributed by atoms with Gasteiger partial charge in [-0.3, -0.25) is 4.79 Å². The van der Waals surface area contributed by atoms with Gasteiger partial charge < -0.3 is 9.47 Å². The second-order valence-electron chi connectivity index (χ2n) is 6.95. The zero-order valence-electron chi connectivity index (χ0n) is 15.2. The average molecular weight is 349 g/mol. The van der Waals surface area contributed by atoms with Gasteiger partial charge >= 0.3 is 0 Å². The zero-order valence-corrected chi connectivity index (χ0v) is 15.2. The average Bonchev–Trinajstić information content (AvgIpc) is 3.32. The van der Waals surface area contributed by atoms with E-state index >= 15 is 0 Å². The number of hydrogen-bond acceptors (Lipinski definition) is 3. The maximum atomic E-state index is 13.1. The molecule has 2 aromatic heterocycles. The highest BCUT2D eigenvalue weighted by atomic mass is 16.2. The number of piperidine rings is 1. The standard InChI is InChI=1S/C20H23N5O/c1-15-5-7-17(8-6-15)25-16(2)19(12-22-25)20(26)23-10-3-4-18(13-23)24-11-9-21-14-24/h5-9,11-12,14,18H,3-4,10,13H2,1-2H3. The fourth-order valence-electron chi connectivity index (χ4n) is 3.60. The molecule has 1 aliphatic heterocycles. The maximum absolute atomic E-state index is 13.1. The number of imidazole rings is 1. The van der Waals surface area contributed by atoms with Gasteiger partial charge in [0.25, 0.3) is 5.91 Å². The molecule has 6 nitrogen and oxygen atoms in total. The summed E-state index contributed by atoms with van der Waals surface area (Å²) in [5.74, 6) is 0.0608. The first kappa shape index (κ1) is 16.6.